The number of fused-ring (bicyclic) bond motifs is 4. The van der Waals surface area contributed by atoms with E-state index in [9.17, 15) is 9.59 Å². The molecule has 210 valence electrons. The fourth-order valence-electron chi connectivity index (χ4n) is 5.71. The predicted octanol–water partition coefficient (Wildman–Crippen LogP) is 5.78. The van der Waals surface area contributed by atoms with Crippen molar-refractivity contribution < 1.29 is 4.79 Å². The highest BCUT2D eigenvalue weighted by Gasteiger charge is 2.35. The molecule has 2 aromatic carbocycles. The number of benzene rings is 2. The standard InChI is InChI=1S/C31H37N5O2S2/c1-20(2)12-13-32-30(38)22-10-11-28(26(15-22)34-31(39)33-24-6-4-7-25(16-24)40-3)35-17-21-14-23(19-35)27-8-5-9-29(37)36(27)18-21/h4-11,15-16,20-21,23H,12-14,17-19H2,1-3H3,(H,32,38)(H2,33,34,39)/t21-,23+/m1/s1. The van der Waals surface area contributed by atoms with E-state index in [1.54, 1.807) is 17.8 Å². The van der Waals surface area contributed by atoms with Crippen LogP contribution in [0.3, 0.4) is 0 Å². The first-order valence-electron chi connectivity index (χ1n) is 13.9. The molecule has 3 N–H and O–H groups in total. The Labute approximate surface area is 245 Å². The van der Waals surface area contributed by atoms with Crippen molar-refractivity contribution in [3.05, 3.63) is 82.3 Å². The minimum atomic E-state index is -0.0920. The van der Waals surface area contributed by atoms with E-state index >= 15 is 0 Å². The number of hydrogen-bond acceptors (Lipinski definition) is 5. The number of hydrogen-bond donors (Lipinski definition) is 3. The van der Waals surface area contributed by atoms with E-state index in [-0.39, 0.29) is 17.4 Å². The van der Waals surface area contributed by atoms with Crippen molar-refractivity contribution in [1.29, 1.82) is 0 Å². The molecule has 3 heterocycles. The molecular formula is C31H37N5O2S2. The normalized spacial score (nSPS) is 17.8. The van der Waals surface area contributed by atoms with Gasteiger partial charge in [-0.15, -0.1) is 11.8 Å². The quantitative estimate of drug-likeness (QED) is 0.232. The van der Waals surface area contributed by atoms with E-state index in [1.165, 1.54) is 0 Å². The molecule has 1 fully saturated rings. The molecule has 0 saturated carbocycles. The van der Waals surface area contributed by atoms with Crippen molar-refractivity contribution in [3.8, 4) is 0 Å². The van der Waals surface area contributed by atoms with E-state index in [4.69, 9.17) is 12.2 Å². The maximum atomic E-state index is 13.0. The summed E-state index contributed by atoms with van der Waals surface area (Å²) >= 11 is 7.40. The number of thioether (sulfide) groups is 1. The fraction of sp³-hybridized carbons (Fsp3) is 0.387. The highest BCUT2D eigenvalue weighted by atomic mass is 32.2. The molecule has 7 nitrogen and oxygen atoms in total. The monoisotopic (exact) mass is 575 g/mol. The molecule has 1 amide bonds. The molecule has 5 rings (SSSR count). The summed E-state index contributed by atoms with van der Waals surface area (Å²) in [7, 11) is 0. The van der Waals surface area contributed by atoms with Gasteiger partial charge in [-0.05, 0) is 85.6 Å². The third-order valence-corrected chi connectivity index (χ3v) is 8.59. The van der Waals surface area contributed by atoms with Gasteiger partial charge in [0.2, 0.25) is 0 Å². The minimum absolute atomic E-state index is 0.0813. The predicted molar refractivity (Wildman–Crippen MR) is 170 cm³/mol. The summed E-state index contributed by atoms with van der Waals surface area (Å²) in [5.74, 6) is 1.07. The molecule has 2 atom stereocenters. The van der Waals surface area contributed by atoms with Crippen molar-refractivity contribution >= 4 is 52.1 Å². The lowest BCUT2D eigenvalue weighted by Crippen LogP contribution is -2.47. The van der Waals surface area contributed by atoms with Gasteiger partial charge in [-0.1, -0.05) is 26.0 Å². The first kappa shape index (κ1) is 28.2. The second-order valence-electron chi connectivity index (χ2n) is 11.1. The Bertz CT molecular complexity index is 1450. The summed E-state index contributed by atoms with van der Waals surface area (Å²) in [6, 6.07) is 19.5. The molecule has 0 radical (unpaired) electrons. The van der Waals surface area contributed by atoms with E-state index in [0.717, 1.165) is 60.1 Å². The Morgan fingerprint density at radius 2 is 1.88 bits per heavy atom. The molecule has 40 heavy (non-hydrogen) atoms. The van der Waals surface area contributed by atoms with E-state index in [1.807, 2.05) is 47.2 Å². The Kier molecular flexibility index (Phi) is 8.81. The van der Waals surface area contributed by atoms with Crippen LogP contribution in [-0.2, 0) is 6.54 Å². The van der Waals surface area contributed by atoms with Crippen LogP contribution in [0.1, 0.15) is 48.7 Å². The number of nitrogens with one attached hydrogen (secondary N) is 3. The van der Waals surface area contributed by atoms with Gasteiger partial charge in [-0.3, -0.25) is 9.59 Å². The SMILES string of the molecule is CSc1cccc(NC(=S)Nc2cc(C(=O)NCCC(C)C)ccc2N2C[C@H]3C[C@@H](C2)c2cccc(=O)n2C3)c1. The Morgan fingerprint density at radius 1 is 1.05 bits per heavy atom. The van der Waals surface area contributed by atoms with Crippen LogP contribution in [0.2, 0.25) is 0 Å². The number of pyridine rings is 1. The van der Waals surface area contributed by atoms with Crippen LogP contribution in [0.25, 0.3) is 0 Å². The zero-order valence-electron chi connectivity index (χ0n) is 23.3. The zero-order valence-corrected chi connectivity index (χ0v) is 24.9. The third-order valence-electron chi connectivity index (χ3n) is 7.66. The summed E-state index contributed by atoms with van der Waals surface area (Å²) in [4.78, 5) is 29.0. The van der Waals surface area contributed by atoms with Gasteiger partial charge in [0.15, 0.2) is 5.11 Å². The molecule has 0 aliphatic carbocycles. The number of rotatable bonds is 8. The van der Waals surface area contributed by atoms with Gasteiger partial charge >= 0.3 is 0 Å². The number of thiocarbonyl (C=S) groups is 1. The molecule has 3 aromatic rings. The first-order valence-corrected chi connectivity index (χ1v) is 15.5. The molecule has 1 saturated heterocycles. The van der Waals surface area contributed by atoms with Crippen LogP contribution < -0.4 is 26.4 Å². The lowest BCUT2D eigenvalue weighted by atomic mass is 9.83. The van der Waals surface area contributed by atoms with Crippen molar-refractivity contribution in [1.82, 2.24) is 9.88 Å². The van der Waals surface area contributed by atoms with Gasteiger partial charge in [0, 0.05) is 60.0 Å². The number of carbonyl (C=O) groups excluding carboxylic acids is 1. The lowest BCUT2D eigenvalue weighted by molar-refractivity contribution is 0.0952. The third kappa shape index (κ3) is 6.53. The summed E-state index contributed by atoms with van der Waals surface area (Å²) in [5.41, 5.74) is 4.48. The molecular weight excluding hydrogens is 539 g/mol. The molecule has 0 unspecified atom stereocenters. The first-order chi connectivity index (χ1) is 19.3. The number of carbonyl (C=O) groups is 1. The molecule has 9 heteroatoms. The highest BCUT2D eigenvalue weighted by molar-refractivity contribution is 7.98. The maximum Gasteiger partial charge on any atom is 0.251 e. The fourth-order valence-corrected chi connectivity index (χ4v) is 6.40. The van der Waals surface area contributed by atoms with E-state index in [2.05, 4.69) is 52.9 Å². The second-order valence-corrected chi connectivity index (χ2v) is 12.4. The average molecular weight is 576 g/mol. The number of piperidine rings is 1. The number of aromatic nitrogens is 1. The van der Waals surface area contributed by atoms with Crippen molar-refractivity contribution in [2.75, 3.05) is 41.4 Å². The van der Waals surface area contributed by atoms with Crippen LogP contribution in [-0.4, -0.2) is 41.5 Å². The maximum absolute atomic E-state index is 13.0. The summed E-state index contributed by atoms with van der Waals surface area (Å²) in [6.07, 6.45) is 4.05. The highest BCUT2D eigenvalue weighted by Crippen LogP contribution is 2.39. The molecule has 0 spiro atoms. The summed E-state index contributed by atoms with van der Waals surface area (Å²) in [5, 5.41) is 10.2. The molecule has 2 aliphatic heterocycles. The Hall–Kier alpha value is -3.30. The van der Waals surface area contributed by atoms with Crippen LogP contribution in [0.5, 0.6) is 0 Å². The lowest BCUT2D eigenvalue weighted by Gasteiger charge is -2.44. The van der Waals surface area contributed by atoms with Crippen LogP contribution >= 0.6 is 24.0 Å². The number of anilines is 3. The van der Waals surface area contributed by atoms with Gasteiger partial charge < -0.3 is 25.4 Å². The van der Waals surface area contributed by atoms with Gasteiger partial charge in [0.25, 0.3) is 11.5 Å². The summed E-state index contributed by atoms with van der Waals surface area (Å²) < 4.78 is 1.95. The van der Waals surface area contributed by atoms with Gasteiger partial charge in [0.05, 0.1) is 11.4 Å². The average Bonchev–Trinajstić information content (AvgIpc) is 2.93. The second kappa shape index (κ2) is 12.5. The molecule has 2 aliphatic rings. The van der Waals surface area contributed by atoms with Crippen molar-refractivity contribution in [2.45, 2.75) is 44.0 Å². The number of amides is 1. The number of nitrogens with zero attached hydrogens (tertiary/aromatic N) is 2. The van der Waals surface area contributed by atoms with Gasteiger partial charge in [0.1, 0.15) is 0 Å². The largest absolute Gasteiger partial charge is 0.369 e. The van der Waals surface area contributed by atoms with E-state index in [0.29, 0.717) is 29.1 Å². The smallest absolute Gasteiger partial charge is 0.251 e. The van der Waals surface area contributed by atoms with Crippen LogP contribution in [0.15, 0.2) is 70.4 Å². The molecule has 1 aromatic heterocycles. The summed E-state index contributed by atoms with van der Waals surface area (Å²) in [6.45, 7) is 7.30. The van der Waals surface area contributed by atoms with Crippen LogP contribution in [0.4, 0.5) is 17.1 Å². The topological polar surface area (TPSA) is 78.4 Å². The van der Waals surface area contributed by atoms with E-state index < -0.39 is 0 Å². The zero-order chi connectivity index (χ0) is 28.2. The van der Waals surface area contributed by atoms with Gasteiger partial charge in [-0.25, -0.2) is 0 Å². The Morgan fingerprint density at radius 3 is 2.67 bits per heavy atom. The van der Waals surface area contributed by atoms with Gasteiger partial charge in [-0.2, -0.15) is 0 Å². The Balaban J connectivity index is 1.41. The molecule has 2 bridgehead atoms. The van der Waals surface area contributed by atoms with Crippen molar-refractivity contribution in [2.24, 2.45) is 11.8 Å². The van der Waals surface area contributed by atoms with Crippen molar-refractivity contribution in [3.63, 3.8) is 0 Å². The minimum Gasteiger partial charge on any atom is -0.369 e. The van der Waals surface area contributed by atoms with Crippen LogP contribution in [0, 0.1) is 11.8 Å².